The normalized spacial score (nSPS) is 13.6. The van der Waals surface area contributed by atoms with E-state index in [0.717, 1.165) is 12.8 Å². The molecule has 0 rings (SSSR count). The zero-order valence-electron chi connectivity index (χ0n) is 11.3. The molecule has 0 aliphatic carbocycles. The van der Waals surface area contributed by atoms with Crippen molar-refractivity contribution in [2.45, 2.75) is 77.8 Å². The van der Waals surface area contributed by atoms with Crippen molar-refractivity contribution < 1.29 is 4.79 Å². The number of amides is 1. The van der Waals surface area contributed by atoms with Crippen LogP contribution in [0.3, 0.4) is 0 Å². The Kier molecular flexibility index (Phi) is 7.39. The third-order valence-electron chi connectivity index (χ3n) is 3.11. The molecule has 0 aromatic carbocycles. The van der Waals surface area contributed by atoms with Gasteiger partial charge < -0.3 is 11.1 Å². The van der Waals surface area contributed by atoms with Gasteiger partial charge in [-0.1, -0.05) is 32.6 Å². The molecule has 0 heterocycles. The zero-order chi connectivity index (χ0) is 12.6. The molecule has 0 aliphatic heterocycles. The molecule has 0 aromatic rings. The predicted molar refractivity (Wildman–Crippen MR) is 69.2 cm³/mol. The predicted octanol–water partition coefficient (Wildman–Crippen LogP) is 2.59. The Hall–Kier alpha value is -0.570. The van der Waals surface area contributed by atoms with Crippen LogP contribution in [0.4, 0.5) is 0 Å². The monoisotopic (exact) mass is 228 g/mol. The minimum absolute atomic E-state index is 0.0310. The molecule has 0 aliphatic rings. The summed E-state index contributed by atoms with van der Waals surface area (Å²) in [6.45, 7) is 8.04. The van der Waals surface area contributed by atoms with Crippen molar-refractivity contribution in [1.82, 2.24) is 5.32 Å². The molecule has 0 fully saturated rings. The standard InChI is InChI=1S/C13H28N2O/c1-5-6-7-8-9-10-12(16)15-13(3,4)11(2)14/h11H,5-10,14H2,1-4H3,(H,15,16). The Labute approximate surface area is 100 Å². The first kappa shape index (κ1) is 15.4. The summed E-state index contributed by atoms with van der Waals surface area (Å²) < 4.78 is 0. The second-order valence-electron chi connectivity index (χ2n) is 5.22. The van der Waals surface area contributed by atoms with Gasteiger partial charge in [0, 0.05) is 18.0 Å². The average molecular weight is 228 g/mol. The molecule has 1 amide bonds. The Morgan fingerprint density at radius 2 is 1.81 bits per heavy atom. The SMILES string of the molecule is CCCCCCCC(=O)NC(C)(C)C(C)N. The van der Waals surface area contributed by atoms with Gasteiger partial charge >= 0.3 is 0 Å². The van der Waals surface area contributed by atoms with Crippen LogP contribution < -0.4 is 11.1 Å². The summed E-state index contributed by atoms with van der Waals surface area (Å²) in [5.74, 6) is 0.124. The van der Waals surface area contributed by atoms with E-state index in [4.69, 9.17) is 5.73 Å². The van der Waals surface area contributed by atoms with E-state index in [0.29, 0.717) is 6.42 Å². The van der Waals surface area contributed by atoms with Gasteiger partial charge in [0.2, 0.25) is 5.91 Å². The van der Waals surface area contributed by atoms with Crippen LogP contribution in [0.2, 0.25) is 0 Å². The molecule has 0 saturated heterocycles. The van der Waals surface area contributed by atoms with Crippen LogP contribution in [-0.2, 0) is 4.79 Å². The van der Waals surface area contributed by atoms with E-state index < -0.39 is 0 Å². The van der Waals surface area contributed by atoms with E-state index in [1.54, 1.807) is 0 Å². The Morgan fingerprint density at radius 3 is 2.31 bits per heavy atom. The van der Waals surface area contributed by atoms with Gasteiger partial charge in [-0.3, -0.25) is 4.79 Å². The van der Waals surface area contributed by atoms with Gasteiger partial charge in [0.05, 0.1) is 0 Å². The fourth-order valence-corrected chi connectivity index (χ4v) is 1.42. The lowest BCUT2D eigenvalue weighted by Crippen LogP contribution is -2.54. The molecular formula is C13H28N2O. The van der Waals surface area contributed by atoms with Crippen LogP contribution >= 0.6 is 0 Å². The number of nitrogens with one attached hydrogen (secondary N) is 1. The maximum absolute atomic E-state index is 11.6. The van der Waals surface area contributed by atoms with Gasteiger partial charge in [-0.15, -0.1) is 0 Å². The van der Waals surface area contributed by atoms with Crippen molar-refractivity contribution in [2.75, 3.05) is 0 Å². The summed E-state index contributed by atoms with van der Waals surface area (Å²) in [7, 11) is 0. The molecule has 0 aromatic heterocycles. The number of hydrogen-bond donors (Lipinski definition) is 2. The second-order valence-corrected chi connectivity index (χ2v) is 5.22. The van der Waals surface area contributed by atoms with Gasteiger partial charge in [-0.2, -0.15) is 0 Å². The number of hydrogen-bond acceptors (Lipinski definition) is 2. The van der Waals surface area contributed by atoms with E-state index >= 15 is 0 Å². The molecule has 0 radical (unpaired) electrons. The molecule has 0 spiro atoms. The minimum atomic E-state index is -0.305. The highest BCUT2D eigenvalue weighted by Gasteiger charge is 2.24. The number of nitrogens with two attached hydrogens (primary N) is 1. The lowest BCUT2D eigenvalue weighted by Gasteiger charge is -2.30. The topological polar surface area (TPSA) is 55.1 Å². The summed E-state index contributed by atoms with van der Waals surface area (Å²) in [6.07, 6.45) is 6.51. The molecule has 3 nitrogen and oxygen atoms in total. The molecule has 0 bridgehead atoms. The van der Waals surface area contributed by atoms with Gasteiger partial charge in [0.25, 0.3) is 0 Å². The van der Waals surface area contributed by atoms with Crippen molar-refractivity contribution in [2.24, 2.45) is 5.73 Å². The van der Waals surface area contributed by atoms with Crippen molar-refractivity contribution in [1.29, 1.82) is 0 Å². The minimum Gasteiger partial charge on any atom is -0.350 e. The molecule has 1 atom stereocenters. The average Bonchev–Trinajstić information content (AvgIpc) is 2.16. The van der Waals surface area contributed by atoms with Crippen molar-refractivity contribution in [3.8, 4) is 0 Å². The van der Waals surface area contributed by atoms with Crippen molar-refractivity contribution in [3.63, 3.8) is 0 Å². The fraction of sp³-hybridized carbons (Fsp3) is 0.923. The van der Waals surface area contributed by atoms with Gasteiger partial charge in [0.1, 0.15) is 0 Å². The largest absolute Gasteiger partial charge is 0.350 e. The highest BCUT2D eigenvalue weighted by atomic mass is 16.1. The highest BCUT2D eigenvalue weighted by Crippen LogP contribution is 2.09. The van der Waals surface area contributed by atoms with E-state index in [1.807, 2.05) is 20.8 Å². The Balaban J connectivity index is 3.66. The molecule has 3 N–H and O–H groups in total. The van der Waals surface area contributed by atoms with E-state index in [9.17, 15) is 4.79 Å². The summed E-state index contributed by atoms with van der Waals surface area (Å²) in [6, 6.07) is -0.0310. The van der Waals surface area contributed by atoms with Crippen LogP contribution in [0, 0.1) is 0 Å². The summed E-state index contributed by atoms with van der Waals surface area (Å²) in [4.78, 5) is 11.6. The fourth-order valence-electron chi connectivity index (χ4n) is 1.42. The van der Waals surface area contributed by atoms with Crippen LogP contribution in [0.5, 0.6) is 0 Å². The van der Waals surface area contributed by atoms with Gasteiger partial charge in [-0.05, 0) is 27.2 Å². The Bertz CT molecular complexity index is 200. The van der Waals surface area contributed by atoms with Crippen molar-refractivity contribution >= 4 is 5.91 Å². The summed E-state index contributed by atoms with van der Waals surface area (Å²) in [5, 5.41) is 2.98. The maximum Gasteiger partial charge on any atom is 0.220 e. The van der Waals surface area contributed by atoms with Crippen LogP contribution in [0.25, 0.3) is 0 Å². The molecule has 3 heteroatoms. The number of carbonyl (C=O) groups is 1. The quantitative estimate of drug-likeness (QED) is 0.627. The zero-order valence-corrected chi connectivity index (χ0v) is 11.3. The number of carbonyl (C=O) groups excluding carboxylic acids is 1. The van der Waals surface area contributed by atoms with E-state index in [1.165, 1.54) is 19.3 Å². The maximum atomic E-state index is 11.6. The first-order chi connectivity index (χ1) is 7.40. The summed E-state index contributed by atoms with van der Waals surface area (Å²) >= 11 is 0. The molecular weight excluding hydrogens is 200 g/mol. The number of rotatable bonds is 8. The molecule has 1 unspecified atom stereocenters. The lowest BCUT2D eigenvalue weighted by atomic mass is 9.96. The molecule has 0 saturated carbocycles. The van der Waals surface area contributed by atoms with E-state index in [-0.39, 0.29) is 17.5 Å². The summed E-state index contributed by atoms with van der Waals surface area (Å²) in [5.41, 5.74) is 5.49. The van der Waals surface area contributed by atoms with Crippen LogP contribution in [-0.4, -0.2) is 17.5 Å². The molecule has 16 heavy (non-hydrogen) atoms. The molecule has 96 valence electrons. The third-order valence-corrected chi connectivity index (χ3v) is 3.11. The highest BCUT2D eigenvalue weighted by molar-refractivity contribution is 5.76. The first-order valence-electron chi connectivity index (χ1n) is 6.46. The second kappa shape index (κ2) is 7.66. The van der Waals surface area contributed by atoms with Gasteiger partial charge in [0.15, 0.2) is 0 Å². The van der Waals surface area contributed by atoms with Crippen molar-refractivity contribution in [3.05, 3.63) is 0 Å². The smallest absolute Gasteiger partial charge is 0.220 e. The Morgan fingerprint density at radius 1 is 1.25 bits per heavy atom. The lowest BCUT2D eigenvalue weighted by molar-refractivity contribution is -0.123. The van der Waals surface area contributed by atoms with Crippen LogP contribution in [0.15, 0.2) is 0 Å². The van der Waals surface area contributed by atoms with Gasteiger partial charge in [-0.25, -0.2) is 0 Å². The van der Waals surface area contributed by atoms with Crippen LogP contribution in [0.1, 0.15) is 66.2 Å². The first-order valence-corrected chi connectivity index (χ1v) is 6.46. The number of unbranched alkanes of at least 4 members (excludes halogenated alkanes) is 4. The van der Waals surface area contributed by atoms with E-state index in [2.05, 4.69) is 12.2 Å². The third kappa shape index (κ3) is 6.83.